The van der Waals surface area contributed by atoms with Crippen LogP contribution in [0.15, 0.2) is 59.6 Å². The van der Waals surface area contributed by atoms with E-state index in [9.17, 15) is 9.59 Å². The molecule has 1 aromatic heterocycles. The van der Waals surface area contributed by atoms with Crippen LogP contribution in [0.25, 0.3) is 10.9 Å². The Bertz CT molecular complexity index is 1030. The van der Waals surface area contributed by atoms with E-state index in [-0.39, 0.29) is 11.8 Å². The van der Waals surface area contributed by atoms with Gasteiger partial charge in [-0.2, -0.15) is 0 Å². The van der Waals surface area contributed by atoms with Crippen LogP contribution < -0.4 is 10.1 Å². The van der Waals surface area contributed by atoms with E-state index in [1.54, 1.807) is 0 Å². The van der Waals surface area contributed by atoms with Crippen molar-refractivity contribution in [2.45, 2.75) is 32.2 Å². The number of nitrogens with one attached hydrogen (secondary N) is 1. The third kappa shape index (κ3) is 6.04. The van der Waals surface area contributed by atoms with Gasteiger partial charge < -0.3 is 19.5 Å². The number of thioether (sulfide) groups is 1. The average molecular weight is 440 g/mol. The van der Waals surface area contributed by atoms with Crippen LogP contribution in [-0.2, 0) is 16.1 Å². The van der Waals surface area contributed by atoms with Crippen molar-refractivity contribution >= 4 is 40.2 Å². The zero-order valence-corrected chi connectivity index (χ0v) is 19.1. The molecule has 0 spiro atoms. The third-order valence-electron chi connectivity index (χ3n) is 4.98. The number of benzene rings is 2. The van der Waals surface area contributed by atoms with E-state index in [1.165, 1.54) is 11.8 Å². The molecule has 6 nitrogen and oxygen atoms in total. The summed E-state index contributed by atoms with van der Waals surface area (Å²) in [7, 11) is 0. The zero-order valence-electron chi connectivity index (χ0n) is 18.3. The van der Waals surface area contributed by atoms with E-state index in [4.69, 9.17) is 4.74 Å². The molecular weight excluding hydrogens is 410 g/mol. The summed E-state index contributed by atoms with van der Waals surface area (Å²) in [4.78, 5) is 27.6. The Kier molecular flexibility index (Phi) is 8.00. The highest BCUT2D eigenvalue weighted by Crippen LogP contribution is 2.23. The van der Waals surface area contributed by atoms with Crippen molar-refractivity contribution in [3.05, 3.63) is 54.7 Å². The molecule has 31 heavy (non-hydrogen) atoms. The number of aromatic nitrogens is 1. The lowest BCUT2D eigenvalue weighted by atomic mass is 10.2. The van der Waals surface area contributed by atoms with Crippen molar-refractivity contribution in [2.24, 2.45) is 0 Å². The highest BCUT2D eigenvalue weighted by atomic mass is 32.2. The van der Waals surface area contributed by atoms with Crippen LogP contribution in [0.4, 0.5) is 5.69 Å². The molecule has 2 amide bonds. The van der Waals surface area contributed by atoms with Gasteiger partial charge in [0.15, 0.2) is 0 Å². The van der Waals surface area contributed by atoms with Gasteiger partial charge in [-0.25, -0.2) is 0 Å². The average Bonchev–Trinajstić information content (AvgIpc) is 3.16. The second kappa shape index (κ2) is 10.9. The molecule has 0 saturated carbocycles. The Morgan fingerprint density at radius 1 is 1.03 bits per heavy atom. The Morgan fingerprint density at radius 3 is 2.45 bits per heavy atom. The molecule has 1 N–H and O–H groups in total. The van der Waals surface area contributed by atoms with Gasteiger partial charge in [0, 0.05) is 40.8 Å². The van der Waals surface area contributed by atoms with Crippen molar-refractivity contribution in [1.29, 1.82) is 0 Å². The van der Waals surface area contributed by atoms with E-state index >= 15 is 0 Å². The van der Waals surface area contributed by atoms with Gasteiger partial charge in [0.2, 0.25) is 11.8 Å². The van der Waals surface area contributed by atoms with Gasteiger partial charge in [0.05, 0.1) is 12.4 Å². The Labute approximate surface area is 187 Å². The van der Waals surface area contributed by atoms with E-state index < -0.39 is 0 Å². The monoisotopic (exact) mass is 439 g/mol. The molecule has 0 aliphatic rings. The van der Waals surface area contributed by atoms with Crippen molar-refractivity contribution in [2.75, 3.05) is 30.8 Å². The van der Waals surface area contributed by atoms with E-state index in [2.05, 4.69) is 5.32 Å². The topological polar surface area (TPSA) is 63.6 Å². The second-order valence-electron chi connectivity index (χ2n) is 7.02. The smallest absolute Gasteiger partial charge is 0.242 e. The third-order valence-corrected chi connectivity index (χ3v) is 5.99. The van der Waals surface area contributed by atoms with Crippen LogP contribution in [0.3, 0.4) is 0 Å². The van der Waals surface area contributed by atoms with Gasteiger partial charge >= 0.3 is 0 Å². The van der Waals surface area contributed by atoms with Gasteiger partial charge in [-0.3, -0.25) is 9.59 Å². The van der Waals surface area contributed by atoms with Crippen LogP contribution in [0.2, 0.25) is 0 Å². The Morgan fingerprint density at radius 2 is 1.77 bits per heavy atom. The quantitative estimate of drug-likeness (QED) is 0.468. The maximum Gasteiger partial charge on any atom is 0.242 e. The number of likely N-dealkylation sites (N-methyl/N-ethyl adjacent to an activating group) is 1. The molecule has 0 saturated heterocycles. The van der Waals surface area contributed by atoms with E-state index in [0.717, 1.165) is 27.2 Å². The van der Waals surface area contributed by atoms with Gasteiger partial charge in [-0.1, -0.05) is 0 Å². The van der Waals surface area contributed by atoms with Gasteiger partial charge in [0.1, 0.15) is 12.3 Å². The first-order valence-corrected chi connectivity index (χ1v) is 11.5. The Balaban J connectivity index is 1.58. The van der Waals surface area contributed by atoms with E-state index in [0.29, 0.717) is 32.0 Å². The van der Waals surface area contributed by atoms with Crippen LogP contribution in [-0.4, -0.2) is 46.7 Å². The minimum Gasteiger partial charge on any atom is -0.494 e. The largest absolute Gasteiger partial charge is 0.494 e. The second-order valence-corrected chi connectivity index (χ2v) is 8.07. The molecule has 164 valence electrons. The summed E-state index contributed by atoms with van der Waals surface area (Å²) >= 11 is 1.48. The highest BCUT2D eigenvalue weighted by Gasteiger charge is 2.12. The van der Waals surface area contributed by atoms with Crippen LogP contribution in [0.1, 0.15) is 20.8 Å². The Hall–Kier alpha value is -2.93. The number of carbonyl (C=O) groups is 2. The zero-order chi connectivity index (χ0) is 22.2. The number of carbonyl (C=O) groups excluding carboxylic acids is 2. The number of amides is 2. The predicted molar refractivity (Wildman–Crippen MR) is 127 cm³/mol. The highest BCUT2D eigenvalue weighted by molar-refractivity contribution is 8.00. The molecule has 0 radical (unpaired) electrons. The number of hydrogen-bond acceptors (Lipinski definition) is 4. The summed E-state index contributed by atoms with van der Waals surface area (Å²) in [5.41, 5.74) is 1.72. The molecule has 0 fully saturated rings. The molecule has 3 rings (SSSR count). The summed E-state index contributed by atoms with van der Waals surface area (Å²) < 4.78 is 7.38. The van der Waals surface area contributed by atoms with Crippen molar-refractivity contribution in [3.63, 3.8) is 0 Å². The lowest BCUT2D eigenvalue weighted by Crippen LogP contribution is -2.33. The first kappa shape index (κ1) is 22.7. The molecule has 0 bridgehead atoms. The summed E-state index contributed by atoms with van der Waals surface area (Å²) in [5.74, 6) is 1.20. The first-order valence-electron chi connectivity index (χ1n) is 10.6. The summed E-state index contributed by atoms with van der Waals surface area (Å²) in [6, 6.07) is 15.5. The molecule has 0 aliphatic heterocycles. The standard InChI is InChI=1S/C24H29N3O3S/c1-4-26(5-2)24(29)16-27-14-13-18-15-19(7-12-22(18)27)25-23(28)17-31-21-10-8-20(9-11-21)30-6-3/h7-15H,4-6,16-17H2,1-3H3,(H,25,28). The summed E-state index contributed by atoms with van der Waals surface area (Å²) in [6.07, 6.45) is 1.92. The number of ether oxygens (including phenoxy) is 1. The fourth-order valence-corrected chi connectivity index (χ4v) is 4.08. The fourth-order valence-electron chi connectivity index (χ4n) is 3.38. The van der Waals surface area contributed by atoms with Crippen molar-refractivity contribution in [1.82, 2.24) is 9.47 Å². The van der Waals surface area contributed by atoms with Gasteiger partial charge in [-0.05, 0) is 69.3 Å². The molecule has 3 aromatic rings. The van der Waals surface area contributed by atoms with Crippen LogP contribution in [0.5, 0.6) is 5.75 Å². The maximum absolute atomic E-state index is 12.4. The molecule has 0 unspecified atom stereocenters. The lowest BCUT2D eigenvalue weighted by molar-refractivity contribution is -0.131. The summed E-state index contributed by atoms with van der Waals surface area (Å²) in [6.45, 7) is 8.28. The normalized spacial score (nSPS) is 10.8. The molecule has 0 atom stereocenters. The molecular formula is C24H29N3O3S. The van der Waals surface area contributed by atoms with Crippen molar-refractivity contribution < 1.29 is 14.3 Å². The molecule has 7 heteroatoms. The molecule has 0 aliphatic carbocycles. The minimum absolute atomic E-state index is 0.0608. The molecule has 1 heterocycles. The molecule has 2 aromatic carbocycles. The van der Waals surface area contributed by atoms with Gasteiger partial charge in [-0.15, -0.1) is 11.8 Å². The predicted octanol–water partition coefficient (Wildman–Crippen LogP) is 4.64. The SMILES string of the molecule is CCOc1ccc(SCC(=O)Nc2ccc3c(ccn3CC(=O)N(CC)CC)c2)cc1. The van der Waals surface area contributed by atoms with E-state index in [1.807, 2.05) is 85.0 Å². The number of rotatable bonds is 10. The lowest BCUT2D eigenvalue weighted by Gasteiger charge is -2.19. The van der Waals surface area contributed by atoms with Crippen LogP contribution in [0, 0.1) is 0 Å². The summed E-state index contributed by atoms with van der Waals surface area (Å²) in [5, 5.41) is 3.94. The number of anilines is 1. The number of hydrogen-bond donors (Lipinski definition) is 1. The number of fused-ring (bicyclic) bond motifs is 1. The number of nitrogens with zero attached hydrogens (tertiary/aromatic N) is 2. The van der Waals surface area contributed by atoms with Gasteiger partial charge in [0.25, 0.3) is 0 Å². The van der Waals surface area contributed by atoms with Crippen molar-refractivity contribution in [3.8, 4) is 5.75 Å². The fraction of sp³-hybridized carbons (Fsp3) is 0.333. The minimum atomic E-state index is -0.0608. The van der Waals surface area contributed by atoms with Crippen LogP contribution >= 0.6 is 11.8 Å². The first-order chi connectivity index (χ1) is 15.0. The maximum atomic E-state index is 12.4.